The molecule has 2 aromatic rings. The van der Waals surface area contributed by atoms with Crippen LogP contribution in [-0.2, 0) is 0 Å². The zero-order valence-corrected chi connectivity index (χ0v) is 13.5. The van der Waals surface area contributed by atoms with Gasteiger partial charge in [0.25, 0.3) is 0 Å². The van der Waals surface area contributed by atoms with E-state index in [-0.39, 0.29) is 10.6 Å². The Balaban J connectivity index is 2.53. The maximum absolute atomic E-state index is 13.7. The molecule has 19 heavy (non-hydrogen) atoms. The van der Waals surface area contributed by atoms with Gasteiger partial charge in [-0.1, -0.05) is 28.1 Å². The molecule has 1 unspecified atom stereocenters. The molecule has 0 N–H and O–H groups in total. The van der Waals surface area contributed by atoms with Gasteiger partial charge in [-0.15, -0.1) is 0 Å². The average molecular weight is 325 g/mol. The molecule has 1 aromatic carbocycles. The summed E-state index contributed by atoms with van der Waals surface area (Å²) in [4.78, 5) is 0.0305. The topological polar surface area (TPSA) is 13.1 Å². The van der Waals surface area contributed by atoms with Crippen molar-refractivity contribution in [3.05, 3.63) is 57.3 Å². The minimum Gasteiger partial charge on any atom is -0.466 e. The summed E-state index contributed by atoms with van der Waals surface area (Å²) >= 11 is 3.72. The van der Waals surface area contributed by atoms with Crippen LogP contribution in [0.4, 0.5) is 4.39 Å². The van der Waals surface area contributed by atoms with Crippen molar-refractivity contribution in [1.82, 2.24) is 0 Å². The molecule has 0 saturated heterocycles. The number of benzene rings is 1. The Morgan fingerprint density at radius 3 is 1.95 bits per heavy atom. The Labute approximate surface area is 122 Å². The molecular weight excluding hydrogens is 307 g/mol. The number of alkyl halides is 1. The Bertz CT molecular complexity index is 605. The first-order chi connectivity index (χ1) is 8.82. The smallest absolute Gasteiger partial charge is 0.129 e. The fraction of sp³-hybridized carbons (Fsp3) is 0.375. The highest BCUT2D eigenvalue weighted by atomic mass is 79.9. The third kappa shape index (κ3) is 2.48. The van der Waals surface area contributed by atoms with Crippen LogP contribution in [0, 0.1) is 40.4 Å². The molecule has 1 aromatic heterocycles. The summed E-state index contributed by atoms with van der Waals surface area (Å²) in [6.07, 6.45) is 0. The van der Waals surface area contributed by atoms with Gasteiger partial charge in [0.05, 0.1) is 4.83 Å². The molecule has 2 rings (SSSR count). The molecule has 0 aliphatic carbocycles. The van der Waals surface area contributed by atoms with Gasteiger partial charge >= 0.3 is 0 Å². The van der Waals surface area contributed by atoms with E-state index in [0.29, 0.717) is 11.1 Å². The first-order valence-electron chi connectivity index (χ1n) is 6.30. The van der Waals surface area contributed by atoms with E-state index in [1.807, 2.05) is 26.0 Å². The summed E-state index contributed by atoms with van der Waals surface area (Å²) in [6.45, 7) is 9.58. The number of furan rings is 1. The van der Waals surface area contributed by atoms with E-state index in [1.54, 1.807) is 13.8 Å². The van der Waals surface area contributed by atoms with Gasteiger partial charge in [0.2, 0.25) is 0 Å². The zero-order chi connectivity index (χ0) is 14.3. The summed E-state index contributed by atoms with van der Waals surface area (Å²) in [5.74, 6) is 1.73. The third-order valence-electron chi connectivity index (χ3n) is 3.62. The highest BCUT2D eigenvalue weighted by molar-refractivity contribution is 9.09. The summed E-state index contributed by atoms with van der Waals surface area (Å²) < 4.78 is 19.4. The van der Waals surface area contributed by atoms with Crippen molar-refractivity contribution in [3.63, 3.8) is 0 Å². The zero-order valence-electron chi connectivity index (χ0n) is 11.9. The molecule has 0 amide bonds. The van der Waals surface area contributed by atoms with Crippen molar-refractivity contribution in [2.75, 3.05) is 0 Å². The second-order valence-corrected chi connectivity index (χ2v) is 6.00. The van der Waals surface area contributed by atoms with E-state index < -0.39 is 0 Å². The molecule has 1 nitrogen and oxygen atoms in total. The normalized spacial score (nSPS) is 12.8. The molecule has 0 bridgehead atoms. The quantitative estimate of drug-likeness (QED) is 0.670. The fourth-order valence-corrected chi connectivity index (χ4v) is 3.41. The van der Waals surface area contributed by atoms with Crippen LogP contribution in [0.3, 0.4) is 0 Å². The first kappa shape index (κ1) is 14.3. The van der Waals surface area contributed by atoms with Crippen LogP contribution in [0.2, 0.25) is 0 Å². The predicted molar refractivity (Wildman–Crippen MR) is 79.6 cm³/mol. The summed E-state index contributed by atoms with van der Waals surface area (Å²) in [6, 6.07) is 3.78. The molecule has 0 aliphatic rings. The van der Waals surface area contributed by atoms with Gasteiger partial charge in [0.1, 0.15) is 17.3 Å². The summed E-state index contributed by atoms with van der Waals surface area (Å²) in [5, 5.41) is 0. The van der Waals surface area contributed by atoms with Crippen molar-refractivity contribution in [3.8, 4) is 0 Å². The standard InChI is InChI=1S/C16H18BrFO/c1-8-6-13(7-9(2)16(8)18)15(17)14-10(3)11(4)19-12(14)5/h6-7,15H,1-5H3. The number of halogens is 2. The molecule has 1 atom stereocenters. The highest BCUT2D eigenvalue weighted by Crippen LogP contribution is 2.38. The molecule has 0 spiro atoms. The molecule has 0 saturated carbocycles. The molecule has 0 radical (unpaired) electrons. The molecule has 0 fully saturated rings. The SMILES string of the molecule is Cc1cc(C(Br)c2c(C)oc(C)c2C)cc(C)c1F. The third-order valence-corrected chi connectivity index (χ3v) is 4.61. The van der Waals surface area contributed by atoms with Crippen molar-refractivity contribution in [2.24, 2.45) is 0 Å². The van der Waals surface area contributed by atoms with Crippen LogP contribution in [-0.4, -0.2) is 0 Å². The van der Waals surface area contributed by atoms with Gasteiger partial charge in [-0.05, 0) is 56.9 Å². The molecular formula is C16H18BrFO. The van der Waals surface area contributed by atoms with E-state index in [0.717, 1.165) is 28.2 Å². The molecule has 0 aliphatic heterocycles. The lowest BCUT2D eigenvalue weighted by molar-refractivity contribution is 0.500. The number of hydrogen-bond donors (Lipinski definition) is 0. The lowest BCUT2D eigenvalue weighted by Crippen LogP contribution is -1.99. The van der Waals surface area contributed by atoms with Gasteiger partial charge < -0.3 is 4.42 Å². The molecule has 1 heterocycles. The van der Waals surface area contributed by atoms with E-state index in [9.17, 15) is 4.39 Å². The van der Waals surface area contributed by atoms with Gasteiger partial charge in [0.15, 0.2) is 0 Å². The monoisotopic (exact) mass is 324 g/mol. The van der Waals surface area contributed by atoms with Crippen LogP contribution < -0.4 is 0 Å². The summed E-state index contributed by atoms with van der Waals surface area (Å²) in [7, 11) is 0. The lowest BCUT2D eigenvalue weighted by atomic mass is 9.98. The van der Waals surface area contributed by atoms with Crippen LogP contribution in [0.25, 0.3) is 0 Å². The molecule has 3 heteroatoms. The van der Waals surface area contributed by atoms with E-state index in [2.05, 4.69) is 22.9 Å². The van der Waals surface area contributed by atoms with Crippen molar-refractivity contribution in [1.29, 1.82) is 0 Å². The highest BCUT2D eigenvalue weighted by Gasteiger charge is 2.21. The number of aryl methyl sites for hydroxylation is 4. The Hall–Kier alpha value is -1.09. The van der Waals surface area contributed by atoms with Crippen LogP contribution in [0.5, 0.6) is 0 Å². The summed E-state index contributed by atoms with van der Waals surface area (Å²) in [5.41, 5.74) is 4.70. The lowest BCUT2D eigenvalue weighted by Gasteiger charge is -2.13. The predicted octanol–water partition coefficient (Wildman–Crippen LogP) is 5.45. The Kier molecular flexibility index (Phi) is 3.86. The fourth-order valence-electron chi connectivity index (χ4n) is 2.48. The van der Waals surface area contributed by atoms with E-state index in [4.69, 9.17) is 4.42 Å². The van der Waals surface area contributed by atoms with Crippen LogP contribution in [0.15, 0.2) is 16.5 Å². The second-order valence-electron chi connectivity index (χ2n) is 5.08. The van der Waals surface area contributed by atoms with E-state index >= 15 is 0 Å². The van der Waals surface area contributed by atoms with Crippen molar-refractivity contribution >= 4 is 15.9 Å². The first-order valence-corrected chi connectivity index (χ1v) is 7.21. The van der Waals surface area contributed by atoms with Gasteiger partial charge in [0, 0.05) is 5.56 Å². The molecule has 102 valence electrons. The van der Waals surface area contributed by atoms with Gasteiger partial charge in [-0.3, -0.25) is 0 Å². The van der Waals surface area contributed by atoms with E-state index in [1.165, 1.54) is 0 Å². The van der Waals surface area contributed by atoms with Gasteiger partial charge in [-0.25, -0.2) is 4.39 Å². The van der Waals surface area contributed by atoms with Crippen molar-refractivity contribution in [2.45, 2.75) is 39.4 Å². The minimum absolute atomic E-state index is 0.0305. The van der Waals surface area contributed by atoms with Crippen LogP contribution in [0.1, 0.15) is 44.2 Å². The number of hydrogen-bond acceptors (Lipinski definition) is 1. The maximum Gasteiger partial charge on any atom is 0.129 e. The largest absolute Gasteiger partial charge is 0.466 e. The number of rotatable bonds is 2. The van der Waals surface area contributed by atoms with Crippen molar-refractivity contribution < 1.29 is 8.81 Å². The Morgan fingerprint density at radius 1 is 1.00 bits per heavy atom. The minimum atomic E-state index is -0.125. The average Bonchev–Trinajstić information content (AvgIpc) is 2.59. The van der Waals surface area contributed by atoms with Gasteiger partial charge in [-0.2, -0.15) is 0 Å². The maximum atomic E-state index is 13.7. The Morgan fingerprint density at radius 2 is 1.53 bits per heavy atom. The second kappa shape index (κ2) is 5.12. The van der Waals surface area contributed by atoms with Crippen LogP contribution >= 0.6 is 15.9 Å².